The summed E-state index contributed by atoms with van der Waals surface area (Å²) in [4.78, 5) is 0. The Kier molecular flexibility index (Phi) is 13.0. The van der Waals surface area contributed by atoms with E-state index in [0.29, 0.717) is 0 Å². The van der Waals surface area contributed by atoms with Crippen molar-refractivity contribution in [2.45, 2.75) is 65.2 Å². The van der Waals surface area contributed by atoms with Crippen molar-refractivity contribution in [3.8, 4) is 56.0 Å². The second kappa shape index (κ2) is 17.5. The molecule has 0 saturated heterocycles. The van der Waals surface area contributed by atoms with Gasteiger partial charge in [-0.15, -0.1) is 0 Å². The van der Waals surface area contributed by atoms with E-state index in [4.69, 9.17) is 9.47 Å². The van der Waals surface area contributed by atoms with Gasteiger partial charge in [0.05, 0.1) is 13.2 Å². The van der Waals surface area contributed by atoms with Crippen LogP contribution in [0.4, 0.5) is 0 Å². The van der Waals surface area contributed by atoms with Crippen LogP contribution in [0.3, 0.4) is 0 Å². The van der Waals surface area contributed by atoms with Gasteiger partial charge in [0.1, 0.15) is 11.5 Å². The molecule has 4 heteroatoms. The Bertz CT molecular complexity index is 1570. The van der Waals surface area contributed by atoms with E-state index in [0.717, 1.165) is 57.6 Å². The first-order valence-electron chi connectivity index (χ1n) is 16.7. The summed E-state index contributed by atoms with van der Waals surface area (Å²) < 4.78 is 14.3. The second-order valence-corrected chi connectivity index (χ2v) is 13.7. The van der Waals surface area contributed by atoms with Crippen molar-refractivity contribution in [2.75, 3.05) is 13.2 Å². The predicted octanol–water partition coefficient (Wildman–Crippen LogP) is 13.8. The highest BCUT2D eigenvalue weighted by molar-refractivity contribution is 9.10. The number of benzene rings is 5. The highest BCUT2D eigenvalue weighted by Gasteiger charge is 2.18. The molecule has 0 N–H and O–H groups in total. The van der Waals surface area contributed by atoms with Crippen molar-refractivity contribution < 1.29 is 9.47 Å². The maximum atomic E-state index is 6.11. The number of ether oxygens (including phenoxy) is 2. The number of hydrogen-bond donors (Lipinski definition) is 0. The molecule has 0 bridgehead atoms. The van der Waals surface area contributed by atoms with E-state index in [9.17, 15) is 0 Å². The van der Waals surface area contributed by atoms with E-state index in [1.807, 2.05) is 0 Å². The lowest BCUT2D eigenvalue weighted by atomic mass is 9.84. The molecular formula is C42H44Br2O2. The molecular weight excluding hydrogens is 696 g/mol. The zero-order chi connectivity index (χ0) is 32.1. The lowest BCUT2D eigenvalue weighted by Gasteiger charge is -2.20. The number of unbranched alkanes of at least 4 members (excludes halogenated alkanes) is 6. The second-order valence-electron chi connectivity index (χ2n) is 11.8. The van der Waals surface area contributed by atoms with Crippen LogP contribution in [0.25, 0.3) is 44.5 Å². The average Bonchev–Trinajstić information content (AvgIpc) is 3.09. The van der Waals surface area contributed by atoms with Crippen molar-refractivity contribution >= 4 is 31.9 Å². The molecule has 0 aliphatic heterocycles. The molecule has 5 aromatic rings. The van der Waals surface area contributed by atoms with E-state index < -0.39 is 0 Å². The SMILES string of the molecule is CCCCCCOc1ccc(-c2cc(-c3ccc(Br)cc3)c(-c3ccc(OCCCCCC)cc3)c(-c3ccc(Br)cc3)c2)cc1. The molecule has 5 aromatic carbocycles. The van der Waals surface area contributed by atoms with E-state index in [1.165, 1.54) is 71.9 Å². The van der Waals surface area contributed by atoms with Crippen LogP contribution >= 0.6 is 31.9 Å². The molecule has 0 spiro atoms. The van der Waals surface area contributed by atoms with Crippen LogP contribution in [-0.4, -0.2) is 13.2 Å². The van der Waals surface area contributed by atoms with Crippen molar-refractivity contribution in [1.29, 1.82) is 0 Å². The fourth-order valence-corrected chi connectivity index (χ4v) is 6.26. The minimum Gasteiger partial charge on any atom is -0.494 e. The van der Waals surface area contributed by atoms with Crippen molar-refractivity contribution in [2.24, 2.45) is 0 Å². The Balaban J connectivity index is 1.55. The molecule has 0 unspecified atom stereocenters. The van der Waals surface area contributed by atoms with Crippen molar-refractivity contribution in [3.05, 3.63) is 118 Å². The molecule has 0 heterocycles. The summed E-state index contributed by atoms with van der Waals surface area (Å²) in [6.07, 6.45) is 9.59. The van der Waals surface area contributed by atoms with Crippen LogP contribution < -0.4 is 9.47 Å². The van der Waals surface area contributed by atoms with Gasteiger partial charge in [0.15, 0.2) is 0 Å². The maximum Gasteiger partial charge on any atom is 0.119 e. The highest BCUT2D eigenvalue weighted by Crippen LogP contribution is 2.44. The average molecular weight is 741 g/mol. The molecule has 0 aliphatic rings. The molecule has 0 saturated carbocycles. The number of hydrogen-bond acceptors (Lipinski definition) is 2. The highest BCUT2D eigenvalue weighted by atomic mass is 79.9. The summed E-state index contributed by atoms with van der Waals surface area (Å²) in [5, 5.41) is 0. The largest absolute Gasteiger partial charge is 0.494 e. The van der Waals surface area contributed by atoms with Gasteiger partial charge in [0.25, 0.3) is 0 Å². The molecule has 2 nitrogen and oxygen atoms in total. The van der Waals surface area contributed by atoms with Crippen LogP contribution in [0.15, 0.2) is 118 Å². The van der Waals surface area contributed by atoms with Gasteiger partial charge in [-0.05, 0) is 118 Å². The molecule has 46 heavy (non-hydrogen) atoms. The summed E-state index contributed by atoms with van der Waals surface area (Å²) in [7, 11) is 0. The summed E-state index contributed by atoms with van der Waals surface area (Å²) in [5.41, 5.74) is 9.40. The summed E-state index contributed by atoms with van der Waals surface area (Å²) >= 11 is 7.28. The van der Waals surface area contributed by atoms with E-state index in [-0.39, 0.29) is 0 Å². The lowest BCUT2D eigenvalue weighted by Crippen LogP contribution is -1.98. The van der Waals surface area contributed by atoms with Gasteiger partial charge in [0.2, 0.25) is 0 Å². The van der Waals surface area contributed by atoms with Crippen molar-refractivity contribution in [3.63, 3.8) is 0 Å². The topological polar surface area (TPSA) is 18.5 Å². The number of rotatable bonds is 16. The Morgan fingerprint density at radius 2 is 0.804 bits per heavy atom. The van der Waals surface area contributed by atoms with Gasteiger partial charge in [0, 0.05) is 8.95 Å². The Labute approximate surface area is 292 Å². The van der Waals surface area contributed by atoms with Gasteiger partial charge >= 0.3 is 0 Å². The first-order chi connectivity index (χ1) is 22.6. The standard InChI is InChI=1S/C42H44Br2O2/c1-3-5-7-9-27-45-38-23-15-31(16-24-38)35-29-40(32-11-19-36(43)20-12-32)42(41(30-35)33-13-21-37(44)22-14-33)34-17-25-39(26-18-34)46-28-10-8-6-4-2/h11-26,29-30H,3-10,27-28H2,1-2H3. The van der Waals surface area contributed by atoms with Crippen LogP contribution in [-0.2, 0) is 0 Å². The molecule has 0 aliphatic carbocycles. The summed E-state index contributed by atoms with van der Waals surface area (Å²) in [5.74, 6) is 1.84. The molecule has 0 atom stereocenters. The van der Waals surface area contributed by atoms with Crippen LogP contribution in [0.1, 0.15) is 65.2 Å². The first-order valence-corrected chi connectivity index (χ1v) is 18.3. The molecule has 5 rings (SSSR count). The minimum atomic E-state index is 0.755. The Morgan fingerprint density at radius 3 is 1.22 bits per heavy atom. The lowest BCUT2D eigenvalue weighted by molar-refractivity contribution is 0.305. The normalized spacial score (nSPS) is 11.0. The monoisotopic (exact) mass is 738 g/mol. The fourth-order valence-electron chi connectivity index (χ4n) is 5.73. The maximum absolute atomic E-state index is 6.11. The smallest absolute Gasteiger partial charge is 0.119 e. The predicted molar refractivity (Wildman–Crippen MR) is 203 cm³/mol. The van der Waals surface area contributed by atoms with Crippen molar-refractivity contribution in [1.82, 2.24) is 0 Å². The molecule has 0 radical (unpaired) electrons. The number of halogens is 2. The van der Waals surface area contributed by atoms with Crippen LogP contribution in [0.5, 0.6) is 11.5 Å². The third-order valence-corrected chi connectivity index (χ3v) is 9.37. The van der Waals surface area contributed by atoms with Gasteiger partial charge in [-0.1, -0.05) is 133 Å². The third kappa shape index (κ3) is 9.36. The van der Waals surface area contributed by atoms with E-state index in [1.54, 1.807) is 0 Å². The van der Waals surface area contributed by atoms with Gasteiger partial charge in [-0.25, -0.2) is 0 Å². The Morgan fingerprint density at radius 1 is 0.413 bits per heavy atom. The molecule has 0 fully saturated rings. The van der Waals surface area contributed by atoms with Crippen LogP contribution in [0, 0.1) is 0 Å². The summed E-state index contributed by atoms with van der Waals surface area (Å²) in [6.45, 7) is 5.99. The zero-order valence-corrected chi connectivity index (χ0v) is 30.2. The molecule has 0 amide bonds. The van der Waals surface area contributed by atoms with Gasteiger partial charge in [-0.2, -0.15) is 0 Å². The quantitative estimate of drug-likeness (QED) is 0.0938. The zero-order valence-electron chi connectivity index (χ0n) is 27.0. The minimum absolute atomic E-state index is 0.755. The van der Waals surface area contributed by atoms with Gasteiger partial charge in [-0.3, -0.25) is 0 Å². The van der Waals surface area contributed by atoms with E-state index >= 15 is 0 Å². The van der Waals surface area contributed by atoms with Crippen LogP contribution in [0.2, 0.25) is 0 Å². The molecule has 0 aromatic heterocycles. The summed E-state index contributed by atoms with van der Waals surface area (Å²) in [6, 6.07) is 39.1. The van der Waals surface area contributed by atoms with E-state index in [2.05, 4.69) is 155 Å². The Hall–Kier alpha value is -3.34. The third-order valence-electron chi connectivity index (χ3n) is 8.31. The molecule has 238 valence electrons. The fraction of sp³-hybridized carbons (Fsp3) is 0.286. The first kappa shape index (κ1) is 34.0. The van der Waals surface area contributed by atoms with Gasteiger partial charge < -0.3 is 9.47 Å².